The minimum atomic E-state index is -1.52. The molecular weight excluding hydrogens is 228 g/mol. The SMILES string of the molecule is CC(N=N)c1ncc([C@@H](O)[C@H](O)[C@H](O)CO)[nH]1. The highest BCUT2D eigenvalue weighted by Crippen LogP contribution is 2.20. The summed E-state index contributed by atoms with van der Waals surface area (Å²) >= 11 is 0. The molecule has 1 unspecified atom stereocenters. The van der Waals surface area contributed by atoms with E-state index in [4.69, 9.17) is 10.6 Å². The van der Waals surface area contributed by atoms with Gasteiger partial charge in [-0.15, -0.1) is 0 Å². The summed E-state index contributed by atoms with van der Waals surface area (Å²) in [4.78, 5) is 6.59. The van der Waals surface area contributed by atoms with Crippen molar-refractivity contribution in [3.05, 3.63) is 17.7 Å². The van der Waals surface area contributed by atoms with Crippen LogP contribution in [0.4, 0.5) is 0 Å². The number of aromatic amines is 1. The number of aromatic nitrogens is 2. The fourth-order valence-electron chi connectivity index (χ4n) is 1.28. The highest BCUT2D eigenvalue weighted by atomic mass is 16.4. The molecule has 0 aromatic carbocycles. The molecule has 0 aliphatic carbocycles. The van der Waals surface area contributed by atoms with E-state index in [-0.39, 0.29) is 5.69 Å². The lowest BCUT2D eigenvalue weighted by Gasteiger charge is -2.20. The predicted molar refractivity (Wildman–Crippen MR) is 56.2 cm³/mol. The summed E-state index contributed by atoms with van der Waals surface area (Å²) in [5.74, 6) is 0.375. The number of nitrogens with one attached hydrogen (secondary N) is 2. The number of hydrogen-bond donors (Lipinski definition) is 6. The van der Waals surface area contributed by atoms with E-state index in [9.17, 15) is 15.3 Å². The summed E-state index contributed by atoms with van der Waals surface area (Å²) in [5, 5.41) is 40.2. The van der Waals surface area contributed by atoms with E-state index >= 15 is 0 Å². The molecule has 0 radical (unpaired) electrons. The first-order chi connectivity index (χ1) is 8.01. The molecule has 17 heavy (non-hydrogen) atoms. The zero-order valence-corrected chi connectivity index (χ0v) is 9.28. The molecule has 0 saturated carbocycles. The molecule has 0 spiro atoms. The quantitative estimate of drug-likeness (QED) is 0.364. The normalized spacial score (nSPS) is 18.4. The Morgan fingerprint density at radius 3 is 2.65 bits per heavy atom. The molecule has 0 amide bonds. The molecule has 8 nitrogen and oxygen atoms in total. The molecule has 0 fully saturated rings. The second kappa shape index (κ2) is 5.82. The third kappa shape index (κ3) is 3.07. The maximum Gasteiger partial charge on any atom is 0.132 e. The van der Waals surface area contributed by atoms with E-state index in [0.29, 0.717) is 5.82 Å². The molecule has 96 valence electrons. The summed E-state index contributed by atoms with van der Waals surface area (Å²) < 4.78 is 0. The molecule has 1 rings (SSSR count). The third-order valence-corrected chi connectivity index (χ3v) is 2.43. The van der Waals surface area contributed by atoms with Crippen molar-refractivity contribution in [1.29, 1.82) is 5.53 Å². The van der Waals surface area contributed by atoms with Crippen molar-refractivity contribution < 1.29 is 20.4 Å². The van der Waals surface area contributed by atoms with E-state index in [0.717, 1.165) is 0 Å². The van der Waals surface area contributed by atoms with Gasteiger partial charge in [0.25, 0.3) is 0 Å². The molecule has 0 aliphatic heterocycles. The van der Waals surface area contributed by atoms with Crippen LogP contribution in [-0.2, 0) is 0 Å². The lowest BCUT2D eigenvalue weighted by atomic mass is 10.1. The number of nitrogens with zero attached hydrogens (tertiary/aromatic N) is 2. The van der Waals surface area contributed by atoms with E-state index in [1.54, 1.807) is 6.92 Å². The van der Waals surface area contributed by atoms with Crippen LogP contribution in [0.3, 0.4) is 0 Å². The lowest BCUT2D eigenvalue weighted by Crippen LogP contribution is -2.34. The van der Waals surface area contributed by atoms with Crippen molar-refractivity contribution in [3.63, 3.8) is 0 Å². The Morgan fingerprint density at radius 2 is 2.12 bits per heavy atom. The average molecular weight is 244 g/mol. The highest BCUT2D eigenvalue weighted by molar-refractivity contribution is 5.09. The Kier molecular flexibility index (Phi) is 4.70. The molecule has 0 saturated heterocycles. The fourth-order valence-corrected chi connectivity index (χ4v) is 1.28. The summed E-state index contributed by atoms with van der Waals surface area (Å²) in [5.41, 5.74) is 7.02. The molecule has 1 aromatic heterocycles. The summed E-state index contributed by atoms with van der Waals surface area (Å²) in [6, 6.07) is -0.476. The van der Waals surface area contributed by atoms with Crippen molar-refractivity contribution in [2.45, 2.75) is 31.3 Å². The van der Waals surface area contributed by atoms with Crippen molar-refractivity contribution >= 4 is 0 Å². The van der Waals surface area contributed by atoms with Crippen LogP contribution in [0, 0.1) is 5.53 Å². The number of hydrogen-bond acceptors (Lipinski definition) is 7. The molecule has 1 heterocycles. The van der Waals surface area contributed by atoms with Crippen molar-refractivity contribution in [1.82, 2.24) is 9.97 Å². The van der Waals surface area contributed by atoms with Crippen LogP contribution in [0.25, 0.3) is 0 Å². The minimum absolute atomic E-state index is 0.190. The summed E-state index contributed by atoms with van der Waals surface area (Å²) in [6.45, 7) is 0.985. The number of H-pyrrole nitrogens is 1. The van der Waals surface area contributed by atoms with Gasteiger partial charge in [0.2, 0.25) is 0 Å². The first-order valence-corrected chi connectivity index (χ1v) is 5.07. The zero-order chi connectivity index (χ0) is 13.0. The van der Waals surface area contributed by atoms with Gasteiger partial charge in [-0.05, 0) is 6.92 Å². The van der Waals surface area contributed by atoms with E-state index in [1.807, 2.05) is 0 Å². The number of imidazole rings is 1. The van der Waals surface area contributed by atoms with Gasteiger partial charge in [0.1, 0.15) is 30.2 Å². The second-order valence-corrected chi connectivity index (χ2v) is 3.71. The first-order valence-electron chi connectivity index (χ1n) is 5.07. The number of aliphatic hydroxyl groups excluding tert-OH is 4. The van der Waals surface area contributed by atoms with Gasteiger partial charge in [-0.3, -0.25) is 0 Å². The largest absolute Gasteiger partial charge is 0.394 e. The monoisotopic (exact) mass is 244 g/mol. The molecular formula is C9H16N4O4. The standard InChI is InChI=1S/C9H16N4O4/c1-4(13-10)9-11-2-5(12-9)7(16)8(17)6(15)3-14/h2,4,6-8,10,14-17H,3H2,1H3,(H,11,12)/t4?,6-,7-,8-/m1/s1. The molecule has 8 heteroatoms. The molecule has 0 bridgehead atoms. The topological polar surface area (TPSA) is 146 Å². The number of rotatable bonds is 6. The van der Waals surface area contributed by atoms with Gasteiger partial charge in [-0.1, -0.05) is 0 Å². The van der Waals surface area contributed by atoms with Gasteiger partial charge >= 0.3 is 0 Å². The van der Waals surface area contributed by atoms with Crippen molar-refractivity contribution in [2.24, 2.45) is 5.11 Å². The summed E-state index contributed by atoms with van der Waals surface area (Å²) in [7, 11) is 0. The summed E-state index contributed by atoms with van der Waals surface area (Å²) in [6.07, 6.45) is -3.06. The van der Waals surface area contributed by atoms with Gasteiger partial charge < -0.3 is 25.4 Å². The van der Waals surface area contributed by atoms with Gasteiger partial charge in [0.15, 0.2) is 0 Å². The Morgan fingerprint density at radius 1 is 1.47 bits per heavy atom. The molecule has 0 aliphatic rings. The van der Waals surface area contributed by atoms with Gasteiger partial charge in [0, 0.05) is 0 Å². The number of aliphatic hydroxyl groups is 4. The maximum absolute atomic E-state index is 9.69. The Hall–Kier alpha value is -1.35. The van der Waals surface area contributed by atoms with E-state index in [1.165, 1.54) is 6.20 Å². The first kappa shape index (κ1) is 13.7. The van der Waals surface area contributed by atoms with Crippen LogP contribution < -0.4 is 0 Å². The fraction of sp³-hybridized carbons (Fsp3) is 0.667. The molecule has 6 N–H and O–H groups in total. The van der Waals surface area contributed by atoms with Crippen LogP contribution in [0.1, 0.15) is 30.6 Å². The van der Waals surface area contributed by atoms with Crippen LogP contribution in [0.5, 0.6) is 0 Å². The van der Waals surface area contributed by atoms with Crippen LogP contribution in [0.15, 0.2) is 11.3 Å². The Bertz CT molecular complexity index is 370. The smallest absolute Gasteiger partial charge is 0.132 e. The zero-order valence-electron chi connectivity index (χ0n) is 9.28. The maximum atomic E-state index is 9.69. The van der Waals surface area contributed by atoms with Crippen molar-refractivity contribution in [2.75, 3.05) is 6.61 Å². The van der Waals surface area contributed by atoms with Crippen LogP contribution >= 0.6 is 0 Å². The van der Waals surface area contributed by atoms with E-state index < -0.39 is 31.0 Å². The Labute approximate surface area is 97.5 Å². The van der Waals surface area contributed by atoms with Gasteiger partial charge in [0.05, 0.1) is 18.5 Å². The van der Waals surface area contributed by atoms with Gasteiger partial charge in [-0.2, -0.15) is 5.11 Å². The third-order valence-electron chi connectivity index (χ3n) is 2.43. The van der Waals surface area contributed by atoms with Crippen molar-refractivity contribution in [3.8, 4) is 0 Å². The second-order valence-electron chi connectivity index (χ2n) is 3.71. The molecule has 4 atom stereocenters. The molecule has 1 aromatic rings. The predicted octanol–water partition coefficient (Wildman–Crippen LogP) is -0.751. The van der Waals surface area contributed by atoms with Crippen LogP contribution in [0.2, 0.25) is 0 Å². The lowest BCUT2D eigenvalue weighted by molar-refractivity contribution is -0.0788. The highest BCUT2D eigenvalue weighted by Gasteiger charge is 2.27. The van der Waals surface area contributed by atoms with E-state index in [2.05, 4.69) is 15.1 Å². The Balaban J connectivity index is 2.79. The average Bonchev–Trinajstić information content (AvgIpc) is 2.84. The van der Waals surface area contributed by atoms with Crippen LogP contribution in [-0.4, -0.2) is 49.2 Å². The minimum Gasteiger partial charge on any atom is -0.394 e. The van der Waals surface area contributed by atoms with Gasteiger partial charge in [-0.25, -0.2) is 10.5 Å².